The van der Waals surface area contributed by atoms with Crippen molar-refractivity contribution < 1.29 is 4.39 Å². The summed E-state index contributed by atoms with van der Waals surface area (Å²) in [7, 11) is 0. The molecule has 84 valence electrons. The zero-order valence-electron chi connectivity index (χ0n) is 8.76. The first-order valence-electron chi connectivity index (χ1n) is 5.01. The van der Waals surface area contributed by atoms with Crippen LogP contribution in [0.3, 0.4) is 0 Å². The molecule has 15 heavy (non-hydrogen) atoms. The van der Waals surface area contributed by atoms with Crippen LogP contribution >= 0.6 is 11.6 Å². The number of nitrogens with one attached hydrogen (secondary N) is 1. The van der Waals surface area contributed by atoms with Crippen LogP contribution in [0.5, 0.6) is 0 Å². The maximum atomic E-state index is 13.4. The highest BCUT2D eigenvalue weighted by Gasteiger charge is 2.07. The van der Waals surface area contributed by atoms with Crippen LogP contribution in [-0.2, 0) is 6.54 Å². The van der Waals surface area contributed by atoms with Crippen molar-refractivity contribution in [3.8, 4) is 0 Å². The molecule has 1 rings (SSSR count). The SMILES string of the molecule is CC(CCN)NCc1cccc(Cl)c1F. The minimum Gasteiger partial charge on any atom is -0.330 e. The molecule has 0 aliphatic heterocycles. The van der Waals surface area contributed by atoms with Gasteiger partial charge in [0.1, 0.15) is 5.82 Å². The number of rotatable bonds is 5. The topological polar surface area (TPSA) is 38.0 Å². The number of nitrogens with two attached hydrogens (primary N) is 1. The molecule has 3 N–H and O–H groups in total. The van der Waals surface area contributed by atoms with E-state index in [0.29, 0.717) is 18.7 Å². The van der Waals surface area contributed by atoms with Gasteiger partial charge >= 0.3 is 0 Å². The molecule has 0 saturated carbocycles. The van der Waals surface area contributed by atoms with Gasteiger partial charge in [-0.2, -0.15) is 0 Å². The molecule has 1 unspecified atom stereocenters. The molecule has 0 saturated heterocycles. The Kier molecular flexibility index (Phi) is 5.02. The van der Waals surface area contributed by atoms with Crippen LogP contribution in [0, 0.1) is 5.82 Å². The molecule has 0 radical (unpaired) electrons. The molecule has 1 aromatic carbocycles. The van der Waals surface area contributed by atoms with Gasteiger partial charge in [-0.05, 0) is 26.0 Å². The molecule has 0 aliphatic carbocycles. The van der Waals surface area contributed by atoms with Gasteiger partial charge in [0.2, 0.25) is 0 Å². The molecule has 0 bridgehead atoms. The Morgan fingerprint density at radius 3 is 2.93 bits per heavy atom. The van der Waals surface area contributed by atoms with Crippen molar-refractivity contribution in [1.82, 2.24) is 5.32 Å². The fourth-order valence-electron chi connectivity index (χ4n) is 1.32. The minimum atomic E-state index is -0.341. The average molecular weight is 231 g/mol. The maximum absolute atomic E-state index is 13.4. The first-order valence-corrected chi connectivity index (χ1v) is 5.39. The quantitative estimate of drug-likeness (QED) is 0.815. The molecule has 0 fully saturated rings. The number of hydrogen-bond donors (Lipinski definition) is 2. The number of halogens is 2. The molecule has 0 aliphatic rings. The lowest BCUT2D eigenvalue weighted by molar-refractivity contribution is 0.506. The molecule has 4 heteroatoms. The molecule has 0 heterocycles. The lowest BCUT2D eigenvalue weighted by atomic mass is 10.2. The second-order valence-corrected chi connectivity index (χ2v) is 3.98. The Balaban J connectivity index is 2.54. The molecule has 0 amide bonds. The summed E-state index contributed by atoms with van der Waals surface area (Å²) < 4.78 is 13.4. The fourth-order valence-corrected chi connectivity index (χ4v) is 1.52. The van der Waals surface area contributed by atoms with Gasteiger partial charge in [0, 0.05) is 18.2 Å². The molecular formula is C11H16ClFN2. The van der Waals surface area contributed by atoms with Crippen LogP contribution in [0.15, 0.2) is 18.2 Å². The third-order valence-corrected chi connectivity index (χ3v) is 2.56. The molecule has 1 aromatic rings. The Hall–Kier alpha value is -0.640. The van der Waals surface area contributed by atoms with Crippen molar-refractivity contribution >= 4 is 11.6 Å². The highest BCUT2D eigenvalue weighted by atomic mass is 35.5. The summed E-state index contributed by atoms with van der Waals surface area (Å²) in [6.07, 6.45) is 0.877. The van der Waals surface area contributed by atoms with E-state index in [9.17, 15) is 4.39 Å². The van der Waals surface area contributed by atoms with Crippen molar-refractivity contribution in [2.45, 2.75) is 25.9 Å². The van der Waals surface area contributed by atoms with Gasteiger partial charge in [-0.25, -0.2) is 4.39 Å². The summed E-state index contributed by atoms with van der Waals surface area (Å²) in [6, 6.07) is 5.30. The first-order chi connectivity index (χ1) is 7.15. The minimum absolute atomic E-state index is 0.167. The number of benzene rings is 1. The monoisotopic (exact) mass is 230 g/mol. The summed E-state index contributed by atoms with van der Waals surface area (Å²) in [5.41, 5.74) is 6.01. The van der Waals surface area contributed by atoms with E-state index in [2.05, 4.69) is 5.32 Å². The molecular weight excluding hydrogens is 215 g/mol. The summed E-state index contributed by atoms with van der Waals surface area (Å²) in [5, 5.41) is 3.36. The van der Waals surface area contributed by atoms with E-state index in [1.807, 2.05) is 6.92 Å². The fraction of sp³-hybridized carbons (Fsp3) is 0.455. The van der Waals surface area contributed by atoms with Crippen molar-refractivity contribution in [2.24, 2.45) is 5.73 Å². The second-order valence-electron chi connectivity index (χ2n) is 3.57. The molecule has 0 aromatic heterocycles. The highest BCUT2D eigenvalue weighted by molar-refractivity contribution is 6.30. The van der Waals surface area contributed by atoms with Crippen LogP contribution in [0.4, 0.5) is 4.39 Å². The van der Waals surface area contributed by atoms with Crippen molar-refractivity contribution in [1.29, 1.82) is 0 Å². The zero-order chi connectivity index (χ0) is 11.3. The Morgan fingerprint density at radius 2 is 2.27 bits per heavy atom. The molecule has 2 nitrogen and oxygen atoms in total. The molecule has 0 spiro atoms. The van der Waals surface area contributed by atoms with Crippen LogP contribution < -0.4 is 11.1 Å². The van der Waals surface area contributed by atoms with E-state index < -0.39 is 0 Å². The Bertz CT molecular complexity index is 317. The van der Waals surface area contributed by atoms with Gasteiger partial charge in [0.05, 0.1) is 5.02 Å². The van der Waals surface area contributed by atoms with Gasteiger partial charge in [-0.3, -0.25) is 0 Å². The van der Waals surface area contributed by atoms with Gasteiger partial charge in [-0.1, -0.05) is 23.7 Å². The van der Waals surface area contributed by atoms with Crippen LogP contribution in [0.25, 0.3) is 0 Å². The number of hydrogen-bond acceptors (Lipinski definition) is 2. The smallest absolute Gasteiger partial charge is 0.146 e. The second kappa shape index (κ2) is 6.05. The van der Waals surface area contributed by atoms with Gasteiger partial charge in [-0.15, -0.1) is 0 Å². The largest absolute Gasteiger partial charge is 0.330 e. The average Bonchev–Trinajstić information content (AvgIpc) is 2.21. The van der Waals surface area contributed by atoms with E-state index >= 15 is 0 Å². The predicted molar refractivity (Wildman–Crippen MR) is 61.4 cm³/mol. The van der Waals surface area contributed by atoms with Crippen LogP contribution in [-0.4, -0.2) is 12.6 Å². The van der Waals surface area contributed by atoms with Gasteiger partial charge in [0.25, 0.3) is 0 Å². The first kappa shape index (κ1) is 12.4. The third kappa shape index (κ3) is 3.78. The van der Waals surface area contributed by atoms with E-state index in [-0.39, 0.29) is 16.9 Å². The molecule has 1 atom stereocenters. The van der Waals surface area contributed by atoms with Gasteiger partial charge in [0.15, 0.2) is 0 Å². The van der Waals surface area contributed by atoms with Gasteiger partial charge < -0.3 is 11.1 Å². The Labute approximate surface area is 94.6 Å². The summed E-state index contributed by atoms with van der Waals surface area (Å²) in [4.78, 5) is 0. The lowest BCUT2D eigenvalue weighted by Gasteiger charge is -2.13. The van der Waals surface area contributed by atoms with E-state index in [1.165, 1.54) is 0 Å². The standard InChI is InChI=1S/C11H16ClFN2/c1-8(5-6-14)15-7-9-3-2-4-10(12)11(9)13/h2-4,8,15H,5-7,14H2,1H3. The van der Waals surface area contributed by atoms with Crippen molar-refractivity contribution in [2.75, 3.05) is 6.54 Å². The normalized spacial score (nSPS) is 12.8. The van der Waals surface area contributed by atoms with Crippen LogP contribution in [0.1, 0.15) is 18.9 Å². The summed E-state index contributed by atoms with van der Waals surface area (Å²) in [6.45, 7) is 3.13. The third-order valence-electron chi connectivity index (χ3n) is 2.27. The van der Waals surface area contributed by atoms with E-state index in [1.54, 1.807) is 18.2 Å². The van der Waals surface area contributed by atoms with E-state index in [4.69, 9.17) is 17.3 Å². The van der Waals surface area contributed by atoms with Crippen molar-refractivity contribution in [3.63, 3.8) is 0 Å². The van der Waals surface area contributed by atoms with Crippen LogP contribution in [0.2, 0.25) is 5.02 Å². The maximum Gasteiger partial charge on any atom is 0.146 e. The van der Waals surface area contributed by atoms with Crippen molar-refractivity contribution in [3.05, 3.63) is 34.6 Å². The van der Waals surface area contributed by atoms with E-state index in [0.717, 1.165) is 6.42 Å². The zero-order valence-corrected chi connectivity index (χ0v) is 9.52. The summed E-state index contributed by atoms with van der Waals surface area (Å²) >= 11 is 5.67. The Morgan fingerprint density at radius 1 is 1.53 bits per heavy atom. The highest BCUT2D eigenvalue weighted by Crippen LogP contribution is 2.17. The predicted octanol–water partition coefficient (Wildman–Crippen LogP) is 2.31. The summed E-state index contributed by atoms with van der Waals surface area (Å²) in [5.74, 6) is -0.341. The lowest BCUT2D eigenvalue weighted by Crippen LogP contribution is -2.28.